The van der Waals surface area contributed by atoms with Crippen molar-refractivity contribution in [2.75, 3.05) is 0 Å². The molecule has 0 saturated carbocycles. The van der Waals surface area contributed by atoms with E-state index < -0.39 is 10.1 Å². The maximum atomic E-state index is 10.4. The number of aryl methyl sites for hydroxylation is 1. The van der Waals surface area contributed by atoms with E-state index in [1.807, 2.05) is 6.92 Å². The third-order valence-electron chi connectivity index (χ3n) is 2.92. The van der Waals surface area contributed by atoms with Gasteiger partial charge in [-0.1, -0.05) is 49.2 Å². The van der Waals surface area contributed by atoms with Crippen LogP contribution in [0.1, 0.15) is 31.7 Å². The van der Waals surface area contributed by atoms with Gasteiger partial charge in [0.05, 0.1) is 4.90 Å². The molecular formula is C19H21IO3S. The molecule has 0 heterocycles. The van der Waals surface area contributed by atoms with Gasteiger partial charge in [0.1, 0.15) is 10.1 Å². The molecule has 0 atom stereocenters. The third-order valence-corrected chi connectivity index (χ3v) is 5.76. The SMILES string of the molecule is CCCCC#C[I+]c1ccccc1.Cc1ccc(S(=O)(=O)[O-])cc1. The summed E-state index contributed by atoms with van der Waals surface area (Å²) in [6.45, 7) is 4.02. The Labute approximate surface area is 155 Å². The normalized spacial score (nSPS) is 10.1. The zero-order valence-corrected chi connectivity index (χ0v) is 16.8. The Bertz CT molecular complexity index is 758. The molecule has 0 N–H and O–H groups in total. The smallest absolute Gasteiger partial charge is 0.419 e. The first-order chi connectivity index (χ1) is 11.4. The van der Waals surface area contributed by atoms with Gasteiger partial charge in [-0.3, -0.25) is 0 Å². The summed E-state index contributed by atoms with van der Waals surface area (Å²) in [5, 5.41) is 0. The largest absolute Gasteiger partial charge is 0.744 e. The maximum Gasteiger partial charge on any atom is 0.419 e. The van der Waals surface area contributed by atoms with Crippen molar-refractivity contribution in [2.45, 2.75) is 38.0 Å². The van der Waals surface area contributed by atoms with Gasteiger partial charge in [-0.2, -0.15) is 0 Å². The highest BCUT2D eigenvalue weighted by Crippen LogP contribution is 2.08. The van der Waals surface area contributed by atoms with Crippen molar-refractivity contribution in [3.05, 3.63) is 63.7 Å². The van der Waals surface area contributed by atoms with Crippen molar-refractivity contribution < 1.29 is 34.2 Å². The number of halogens is 1. The molecule has 0 bridgehead atoms. The topological polar surface area (TPSA) is 57.2 Å². The van der Waals surface area contributed by atoms with Gasteiger partial charge in [0.15, 0.2) is 3.93 Å². The predicted molar refractivity (Wildman–Crippen MR) is 91.6 cm³/mol. The fraction of sp³-hybridized carbons (Fsp3) is 0.263. The van der Waals surface area contributed by atoms with Crippen LogP contribution in [0.3, 0.4) is 0 Å². The van der Waals surface area contributed by atoms with Gasteiger partial charge in [-0.05, 0) is 43.5 Å². The molecule has 0 aromatic heterocycles. The Morgan fingerprint density at radius 3 is 2.21 bits per heavy atom. The lowest BCUT2D eigenvalue weighted by molar-refractivity contribution is -0.535. The van der Waals surface area contributed by atoms with Crippen LogP contribution in [0.2, 0.25) is 0 Å². The predicted octanol–water partition coefficient (Wildman–Crippen LogP) is 0.995. The van der Waals surface area contributed by atoms with Gasteiger partial charge in [-0.15, -0.1) is 0 Å². The van der Waals surface area contributed by atoms with Crippen LogP contribution in [0.25, 0.3) is 0 Å². The molecule has 0 unspecified atom stereocenters. The molecule has 0 saturated heterocycles. The summed E-state index contributed by atoms with van der Waals surface area (Å²) < 4.78 is 35.9. The van der Waals surface area contributed by atoms with Crippen molar-refractivity contribution >= 4 is 10.1 Å². The molecule has 0 spiro atoms. The third kappa shape index (κ3) is 9.06. The lowest BCUT2D eigenvalue weighted by Crippen LogP contribution is -3.59. The van der Waals surface area contributed by atoms with E-state index >= 15 is 0 Å². The average Bonchev–Trinajstić information content (AvgIpc) is 2.56. The highest BCUT2D eigenvalue weighted by atomic mass is 127. The summed E-state index contributed by atoms with van der Waals surface area (Å²) >= 11 is -0.0522. The first-order valence-electron chi connectivity index (χ1n) is 7.62. The number of hydrogen-bond acceptors (Lipinski definition) is 3. The van der Waals surface area contributed by atoms with Gasteiger partial charge in [0.25, 0.3) is 0 Å². The molecule has 0 aliphatic carbocycles. The minimum absolute atomic E-state index is 0.0522. The summed E-state index contributed by atoms with van der Waals surface area (Å²) in [6, 6.07) is 16.3. The Balaban J connectivity index is 0.000000243. The van der Waals surface area contributed by atoms with E-state index in [9.17, 15) is 13.0 Å². The molecule has 128 valence electrons. The summed E-state index contributed by atoms with van der Waals surface area (Å²) in [5.74, 6) is 3.23. The Morgan fingerprint density at radius 1 is 1.04 bits per heavy atom. The van der Waals surface area contributed by atoms with Crippen molar-refractivity contribution in [2.24, 2.45) is 0 Å². The van der Waals surface area contributed by atoms with Crippen LogP contribution in [0.5, 0.6) is 0 Å². The van der Waals surface area contributed by atoms with Crippen LogP contribution in [-0.4, -0.2) is 13.0 Å². The summed E-state index contributed by atoms with van der Waals surface area (Å²) in [4.78, 5) is -0.178. The van der Waals surface area contributed by atoms with E-state index in [0.29, 0.717) is 0 Å². The van der Waals surface area contributed by atoms with Crippen LogP contribution in [0, 0.1) is 20.3 Å². The molecule has 2 rings (SSSR count). The van der Waals surface area contributed by atoms with E-state index in [1.165, 1.54) is 28.5 Å². The van der Waals surface area contributed by atoms with Crippen molar-refractivity contribution in [1.82, 2.24) is 0 Å². The lowest BCUT2D eigenvalue weighted by atomic mass is 10.2. The molecule has 0 aliphatic heterocycles. The number of hydrogen-bond donors (Lipinski definition) is 0. The highest BCUT2D eigenvalue weighted by molar-refractivity contribution is 7.85. The van der Waals surface area contributed by atoms with Gasteiger partial charge in [-0.25, -0.2) is 8.42 Å². The number of benzene rings is 2. The molecule has 0 radical (unpaired) electrons. The first kappa shape index (κ1) is 20.7. The fourth-order valence-electron chi connectivity index (χ4n) is 1.58. The van der Waals surface area contributed by atoms with Crippen LogP contribution in [-0.2, 0) is 10.1 Å². The van der Waals surface area contributed by atoms with Crippen molar-refractivity contribution in [1.29, 1.82) is 0 Å². The molecule has 3 nitrogen and oxygen atoms in total. The zero-order chi connectivity index (χ0) is 17.8. The standard InChI is InChI=1S/C12H14I.C7H8O3S/c1-2-3-4-8-11-13-12-9-6-5-7-10-12;1-6-2-4-7(5-3-6)11(8,9)10/h5-7,9-10H,2-4H2,1H3;2-5H,1H3,(H,8,9,10)/q+1;/p-1. The molecule has 2 aromatic rings. The van der Waals surface area contributed by atoms with Crippen LogP contribution >= 0.6 is 0 Å². The van der Waals surface area contributed by atoms with Crippen LogP contribution in [0.4, 0.5) is 0 Å². The quantitative estimate of drug-likeness (QED) is 0.299. The van der Waals surface area contributed by atoms with Crippen molar-refractivity contribution in [3.63, 3.8) is 0 Å². The number of rotatable bonds is 4. The van der Waals surface area contributed by atoms with Crippen LogP contribution < -0.4 is 21.2 Å². The minimum Gasteiger partial charge on any atom is -0.744 e. The van der Waals surface area contributed by atoms with Gasteiger partial charge >= 0.3 is 21.2 Å². The summed E-state index contributed by atoms with van der Waals surface area (Å²) in [5.41, 5.74) is 0.928. The monoisotopic (exact) mass is 456 g/mol. The summed E-state index contributed by atoms with van der Waals surface area (Å²) in [6.07, 6.45) is 3.56. The highest BCUT2D eigenvalue weighted by Gasteiger charge is 2.05. The van der Waals surface area contributed by atoms with Crippen LogP contribution in [0.15, 0.2) is 59.5 Å². The Hall–Kier alpha value is -1.36. The maximum absolute atomic E-state index is 10.4. The molecule has 0 amide bonds. The molecular weight excluding hydrogens is 435 g/mol. The van der Waals surface area contributed by atoms with E-state index in [0.717, 1.165) is 12.0 Å². The van der Waals surface area contributed by atoms with Crippen molar-refractivity contribution in [3.8, 4) is 9.85 Å². The molecule has 2 aromatic carbocycles. The second-order valence-electron chi connectivity index (χ2n) is 5.03. The van der Waals surface area contributed by atoms with E-state index in [1.54, 1.807) is 12.1 Å². The molecule has 24 heavy (non-hydrogen) atoms. The van der Waals surface area contributed by atoms with E-state index in [2.05, 4.69) is 47.1 Å². The lowest BCUT2D eigenvalue weighted by Gasteiger charge is -2.05. The second kappa shape index (κ2) is 11.2. The molecule has 0 aliphatic rings. The zero-order valence-electron chi connectivity index (χ0n) is 13.8. The van der Waals surface area contributed by atoms with E-state index in [4.69, 9.17) is 0 Å². The van der Waals surface area contributed by atoms with Gasteiger partial charge in [0, 0.05) is 6.42 Å². The minimum atomic E-state index is -4.27. The number of unbranched alkanes of at least 4 members (excludes halogenated alkanes) is 2. The Morgan fingerprint density at radius 2 is 1.67 bits per heavy atom. The Kier molecular flexibility index (Phi) is 9.69. The van der Waals surface area contributed by atoms with E-state index in [-0.39, 0.29) is 26.1 Å². The molecule has 5 heteroatoms. The molecule has 0 fully saturated rings. The average molecular weight is 456 g/mol. The van der Waals surface area contributed by atoms with Gasteiger partial charge < -0.3 is 4.55 Å². The summed E-state index contributed by atoms with van der Waals surface area (Å²) in [7, 11) is -4.27. The second-order valence-corrected chi connectivity index (χ2v) is 8.74. The fourth-order valence-corrected chi connectivity index (χ4v) is 3.60. The van der Waals surface area contributed by atoms with Gasteiger partial charge in [0.2, 0.25) is 3.57 Å². The first-order valence-corrected chi connectivity index (χ1v) is 11.2.